The fraction of sp³-hybridized carbons (Fsp3) is 1.00. The summed E-state index contributed by atoms with van der Waals surface area (Å²) >= 11 is 3.41. The van der Waals surface area contributed by atoms with Crippen LogP contribution in [-0.2, 0) is 0 Å². The maximum atomic E-state index is 5.68. The normalized spacial score (nSPS) is 17.9. The smallest absolute Gasteiger partial charge is 1.00 e. The molecule has 1 unspecified atom stereocenters. The van der Waals surface area contributed by atoms with Crippen molar-refractivity contribution in [2.75, 3.05) is 0 Å². The van der Waals surface area contributed by atoms with E-state index in [1.165, 1.54) is 32.1 Å². The molecule has 1 fully saturated rings. The molecule has 0 N–H and O–H groups in total. The van der Waals surface area contributed by atoms with E-state index >= 15 is 0 Å². The van der Waals surface area contributed by atoms with Crippen LogP contribution in [-0.4, -0.2) is 12.6 Å². The fourth-order valence-electron chi connectivity index (χ4n) is 1.45. The van der Waals surface area contributed by atoms with Gasteiger partial charge < -0.3 is 1.43 Å². The van der Waals surface area contributed by atoms with E-state index in [0.29, 0.717) is 0 Å². The Hall–Kier alpha value is 1.97. The Morgan fingerprint density at radius 3 is 1.69 bits per heavy atom. The van der Waals surface area contributed by atoms with Crippen molar-refractivity contribution in [1.82, 2.24) is 0 Å². The second-order valence-electron chi connectivity index (χ2n) is 2.84. The van der Waals surface area contributed by atoms with Crippen LogP contribution in [0.15, 0.2) is 0 Å². The van der Waals surface area contributed by atoms with Crippen LogP contribution < -0.4 is 51.4 Å². The summed E-state index contributed by atoms with van der Waals surface area (Å²) < 4.78 is 0.248. The van der Waals surface area contributed by atoms with Gasteiger partial charge in [-0.25, -0.2) is 0 Å². The van der Waals surface area contributed by atoms with Crippen molar-refractivity contribution in [3.63, 3.8) is 0 Å². The van der Waals surface area contributed by atoms with Gasteiger partial charge in [-0.2, -0.15) is 0 Å². The van der Waals surface area contributed by atoms with Gasteiger partial charge in [-0.3, -0.25) is 14.1 Å². The molecule has 0 aromatic carbocycles. The zero-order valence-corrected chi connectivity index (χ0v) is 12.6. The summed E-state index contributed by atoms with van der Waals surface area (Å²) in [6.45, 7) is 0. The Balaban J connectivity index is -0.0000000540. The third-order valence-electron chi connectivity index (χ3n) is 2.10. The van der Waals surface area contributed by atoms with Gasteiger partial charge in [0.25, 0.3) is 0 Å². The minimum atomic E-state index is 0. The first-order valence-electron chi connectivity index (χ1n) is 3.70. The van der Waals surface area contributed by atoms with E-state index in [4.69, 9.17) is 7.85 Å². The zero-order chi connectivity index (χ0) is 6.69. The first-order valence-corrected chi connectivity index (χ1v) is 4.62. The van der Waals surface area contributed by atoms with Crippen LogP contribution in [0, 0.1) is 5.92 Å². The van der Waals surface area contributed by atoms with Gasteiger partial charge in [-0.1, -0.05) is 48.0 Å². The molecule has 0 aromatic heterocycles. The number of hydrogen-bond donors (Lipinski definition) is 0. The van der Waals surface area contributed by atoms with Crippen molar-refractivity contribution in [3.8, 4) is 0 Å². The molecule has 13 heavy (non-hydrogen) atoms. The van der Waals surface area contributed by atoms with Crippen LogP contribution in [0.1, 0.15) is 33.5 Å². The summed E-state index contributed by atoms with van der Waals surface area (Å²) in [5, 5.41) is 0. The predicted octanol–water partition coefficient (Wildman–Crippen LogP) is 0.0302. The molecule has 1 aliphatic rings. The SMILES string of the molecule is F.F.F.[B]C(Br)C1CCCCC1.[H-].[K+]. The van der Waals surface area contributed by atoms with E-state index in [9.17, 15) is 0 Å². The van der Waals surface area contributed by atoms with Crippen molar-refractivity contribution in [3.05, 3.63) is 0 Å². The van der Waals surface area contributed by atoms with Crippen molar-refractivity contribution < 1.29 is 66.9 Å². The minimum absolute atomic E-state index is 0. The molecule has 2 radical (unpaired) electrons. The average molecular weight is 287 g/mol. The van der Waals surface area contributed by atoms with Crippen LogP contribution >= 0.6 is 15.9 Å². The fourth-order valence-corrected chi connectivity index (χ4v) is 1.98. The molecule has 0 aliphatic heterocycles. The first-order chi connectivity index (χ1) is 4.30. The number of halogens is 4. The second-order valence-corrected chi connectivity index (χ2v) is 3.90. The number of rotatable bonds is 1. The molecule has 0 amide bonds. The molecule has 0 saturated heterocycles. The zero-order valence-electron chi connectivity index (χ0n) is 8.87. The molecule has 0 aromatic rings. The standard InChI is InChI=1S/C7H12BBr.3FH.K.H/c8-7(9)6-4-2-1-3-5-6;;;;;/h6-7H,1-5H2;3*1H;;/q;;;;+1;-1. The molecule has 1 saturated carbocycles. The van der Waals surface area contributed by atoms with Crippen LogP contribution in [0.25, 0.3) is 0 Å². The van der Waals surface area contributed by atoms with Gasteiger partial charge in [0.15, 0.2) is 0 Å². The van der Waals surface area contributed by atoms with Gasteiger partial charge in [-0.05, 0) is 10.6 Å². The van der Waals surface area contributed by atoms with E-state index < -0.39 is 0 Å². The molecule has 0 bridgehead atoms. The molecule has 1 atom stereocenters. The largest absolute Gasteiger partial charge is 1.00 e. The van der Waals surface area contributed by atoms with Gasteiger partial charge in [0.1, 0.15) is 0 Å². The van der Waals surface area contributed by atoms with Crippen molar-refractivity contribution >= 4 is 23.8 Å². The van der Waals surface area contributed by atoms with Crippen LogP contribution in [0.5, 0.6) is 0 Å². The molecule has 1 aliphatic carbocycles. The molecule has 0 nitrogen and oxygen atoms in total. The summed E-state index contributed by atoms with van der Waals surface area (Å²) in [7, 11) is 5.68. The Morgan fingerprint density at radius 2 is 1.46 bits per heavy atom. The Kier molecular flexibility index (Phi) is 26.1. The quantitative estimate of drug-likeness (QED) is 0.471. The maximum Gasteiger partial charge on any atom is 1.00 e. The number of hydrogen-bond acceptors (Lipinski definition) is 0. The Morgan fingerprint density at radius 1 is 1.08 bits per heavy atom. The summed E-state index contributed by atoms with van der Waals surface area (Å²) in [6, 6.07) is 0. The van der Waals surface area contributed by atoms with Gasteiger partial charge in [0.2, 0.25) is 0 Å². The maximum absolute atomic E-state index is 5.68. The summed E-state index contributed by atoms with van der Waals surface area (Å²) in [6.07, 6.45) is 6.82. The third kappa shape index (κ3) is 10.3. The van der Waals surface area contributed by atoms with E-state index in [0.717, 1.165) is 5.92 Å². The summed E-state index contributed by atoms with van der Waals surface area (Å²) in [5.74, 6) is 0.749. The molecule has 0 heterocycles. The first kappa shape index (κ1) is 24.3. The van der Waals surface area contributed by atoms with E-state index in [1.807, 2.05) is 0 Å². The molecule has 76 valence electrons. The van der Waals surface area contributed by atoms with E-state index in [-0.39, 0.29) is 71.7 Å². The van der Waals surface area contributed by atoms with Crippen molar-refractivity contribution in [1.29, 1.82) is 0 Å². The van der Waals surface area contributed by atoms with Gasteiger partial charge in [0, 0.05) is 0 Å². The Bertz CT molecular complexity index is 97.0. The van der Waals surface area contributed by atoms with E-state index in [1.54, 1.807) is 0 Å². The third-order valence-corrected chi connectivity index (χ3v) is 2.85. The molecule has 0 spiro atoms. The van der Waals surface area contributed by atoms with Gasteiger partial charge in [0.05, 0.1) is 7.85 Å². The molecular formula is C7H16BBrF3K. The van der Waals surface area contributed by atoms with Crippen LogP contribution in [0.2, 0.25) is 0 Å². The second kappa shape index (κ2) is 14.0. The Labute approximate surface area is 132 Å². The monoisotopic (exact) mass is 286 g/mol. The van der Waals surface area contributed by atoms with Crippen LogP contribution in [0.3, 0.4) is 0 Å². The molecule has 1 rings (SSSR count). The minimum Gasteiger partial charge on any atom is -1.00 e. The van der Waals surface area contributed by atoms with Gasteiger partial charge >= 0.3 is 51.4 Å². The predicted molar refractivity (Wildman–Crippen MR) is 53.7 cm³/mol. The van der Waals surface area contributed by atoms with E-state index in [2.05, 4.69) is 15.9 Å². The summed E-state index contributed by atoms with van der Waals surface area (Å²) in [4.78, 5) is 0. The van der Waals surface area contributed by atoms with Gasteiger partial charge in [-0.15, -0.1) is 0 Å². The topological polar surface area (TPSA) is 0 Å². The van der Waals surface area contributed by atoms with Crippen molar-refractivity contribution in [2.24, 2.45) is 5.92 Å². The average Bonchev–Trinajstić information content (AvgIpc) is 1.90. The molecule has 6 heteroatoms. The summed E-state index contributed by atoms with van der Waals surface area (Å²) in [5.41, 5.74) is 0. The van der Waals surface area contributed by atoms with Crippen molar-refractivity contribution in [2.45, 2.75) is 36.8 Å². The van der Waals surface area contributed by atoms with Crippen LogP contribution in [0.4, 0.5) is 14.1 Å². The molecular weight excluding hydrogens is 271 g/mol. The number of alkyl halides is 1.